The van der Waals surface area contributed by atoms with Gasteiger partial charge in [0.05, 0.1) is 22.2 Å². The van der Waals surface area contributed by atoms with E-state index < -0.39 is 16.8 Å². The van der Waals surface area contributed by atoms with Crippen LogP contribution in [-0.2, 0) is 16.6 Å². The van der Waals surface area contributed by atoms with Gasteiger partial charge in [-0.15, -0.1) is 16.9 Å². The fraction of sp³-hybridized carbons (Fsp3) is 0.192. The normalized spacial score (nSPS) is 18.9. The third kappa shape index (κ3) is 3.83. The first-order chi connectivity index (χ1) is 16.1. The van der Waals surface area contributed by atoms with Gasteiger partial charge in [-0.3, -0.25) is 9.48 Å². The summed E-state index contributed by atoms with van der Waals surface area (Å²) in [6.45, 7) is 0. The van der Waals surface area contributed by atoms with Gasteiger partial charge in [0.25, 0.3) is 0 Å². The molecule has 1 aliphatic heterocycles. The van der Waals surface area contributed by atoms with Crippen molar-refractivity contribution in [1.82, 2.24) is 20.3 Å². The highest BCUT2D eigenvalue weighted by molar-refractivity contribution is 8.01. The largest absolute Gasteiger partial charge is 0.386 e. The number of nitrogens with one attached hydrogen (secondary N) is 1. The number of hydrogen-bond acceptors (Lipinski definition) is 5. The van der Waals surface area contributed by atoms with Gasteiger partial charge in [-0.05, 0) is 16.7 Å². The summed E-state index contributed by atoms with van der Waals surface area (Å²) in [4.78, 5) is 12.6. The van der Waals surface area contributed by atoms with Gasteiger partial charge in [-0.25, -0.2) is 0 Å². The first-order valence-corrected chi connectivity index (χ1v) is 11.7. The Kier molecular flexibility index (Phi) is 5.74. The Labute approximate surface area is 196 Å². The minimum atomic E-state index is -1.04. The molecule has 3 atom stereocenters. The summed E-state index contributed by atoms with van der Waals surface area (Å²) in [6.07, 6.45) is 0.613. The Bertz CT molecular complexity index is 1130. The van der Waals surface area contributed by atoms with Gasteiger partial charge in [-0.1, -0.05) is 96.2 Å². The van der Waals surface area contributed by atoms with Crippen LogP contribution < -0.4 is 5.32 Å². The highest BCUT2D eigenvalue weighted by atomic mass is 32.2. The van der Waals surface area contributed by atoms with Crippen LogP contribution in [0.15, 0.2) is 97.2 Å². The van der Waals surface area contributed by atoms with Gasteiger partial charge in [-0.2, -0.15) is 0 Å². The Hall–Kier alpha value is -3.42. The zero-order chi connectivity index (χ0) is 22.8. The first-order valence-electron chi connectivity index (χ1n) is 10.8. The van der Waals surface area contributed by atoms with Crippen molar-refractivity contribution in [3.05, 3.63) is 120 Å². The molecule has 166 valence electrons. The van der Waals surface area contributed by atoms with Crippen LogP contribution in [0.25, 0.3) is 0 Å². The number of aliphatic hydroxyl groups is 1. The zero-order valence-corrected chi connectivity index (χ0v) is 18.9. The van der Waals surface area contributed by atoms with Crippen LogP contribution in [0.1, 0.15) is 28.5 Å². The van der Waals surface area contributed by atoms with Crippen molar-refractivity contribution >= 4 is 17.7 Å². The quantitative estimate of drug-likeness (QED) is 0.328. The van der Waals surface area contributed by atoms with Gasteiger partial charge >= 0.3 is 0 Å². The molecular formula is C26H24N4O2S. The Morgan fingerprint density at radius 2 is 1.39 bits per heavy atom. The Balaban J connectivity index is 1.61. The number of β-lactam (4-membered cyclic amide) rings is 1. The van der Waals surface area contributed by atoms with Crippen molar-refractivity contribution < 1.29 is 9.90 Å². The molecule has 1 saturated heterocycles. The second kappa shape index (κ2) is 8.84. The summed E-state index contributed by atoms with van der Waals surface area (Å²) >= 11 is 1.63. The van der Waals surface area contributed by atoms with Crippen LogP contribution in [0.2, 0.25) is 0 Å². The lowest BCUT2D eigenvalue weighted by Crippen LogP contribution is -2.59. The molecule has 2 N–H and O–H groups in total. The lowest BCUT2D eigenvalue weighted by atomic mass is 9.84. The summed E-state index contributed by atoms with van der Waals surface area (Å²) < 4.78 is 0.932. The van der Waals surface area contributed by atoms with E-state index in [-0.39, 0.29) is 11.3 Å². The van der Waals surface area contributed by atoms with E-state index in [1.165, 1.54) is 4.68 Å². The molecule has 3 aromatic carbocycles. The number of nitrogens with zero attached hydrogens (tertiary/aromatic N) is 3. The highest BCUT2D eigenvalue weighted by Crippen LogP contribution is 2.53. The van der Waals surface area contributed by atoms with E-state index in [2.05, 4.69) is 52.0 Å². The summed E-state index contributed by atoms with van der Waals surface area (Å²) in [5, 5.41) is 21.7. The van der Waals surface area contributed by atoms with Gasteiger partial charge in [0, 0.05) is 7.05 Å². The molecule has 2 heterocycles. The molecule has 6 nitrogen and oxygen atoms in total. The van der Waals surface area contributed by atoms with Crippen LogP contribution >= 0.6 is 11.8 Å². The lowest BCUT2D eigenvalue weighted by Gasteiger charge is -2.45. The molecule has 4 aromatic rings. The van der Waals surface area contributed by atoms with Crippen LogP contribution in [0.5, 0.6) is 0 Å². The molecule has 5 rings (SSSR count). The molecule has 1 amide bonds. The molecule has 1 aromatic heterocycles. The number of amides is 1. The number of hydrogen-bond donors (Lipinski definition) is 2. The Morgan fingerprint density at radius 3 is 1.79 bits per heavy atom. The molecule has 0 spiro atoms. The van der Waals surface area contributed by atoms with Crippen LogP contribution in [0.4, 0.5) is 0 Å². The van der Waals surface area contributed by atoms with Crippen LogP contribution in [0, 0.1) is 5.92 Å². The minimum Gasteiger partial charge on any atom is -0.386 e. The maximum atomic E-state index is 12.6. The third-order valence-corrected chi connectivity index (χ3v) is 7.75. The number of rotatable bonds is 7. The molecule has 1 aliphatic rings. The topological polar surface area (TPSA) is 80.0 Å². The highest BCUT2D eigenvalue weighted by Gasteiger charge is 2.51. The maximum Gasteiger partial charge on any atom is 0.230 e. The van der Waals surface area contributed by atoms with Crippen molar-refractivity contribution in [3.8, 4) is 0 Å². The van der Waals surface area contributed by atoms with E-state index in [0.717, 1.165) is 16.7 Å². The number of carbonyl (C=O) groups is 1. The summed E-state index contributed by atoms with van der Waals surface area (Å²) in [6, 6.07) is 30.9. The summed E-state index contributed by atoms with van der Waals surface area (Å²) in [7, 11) is 1.74. The van der Waals surface area contributed by atoms with E-state index in [9.17, 15) is 9.90 Å². The fourth-order valence-corrected chi connectivity index (χ4v) is 6.17. The standard InChI is InChI=1S/C26H24N4O2S/c1-30-17-21(28-29-30)23(31)22-24(32)27-25(22)33-26(18-11-5-2-6-12-18,19-13-7-3-8-14-19)20-15-9-4-10-16-20/h2-17,22-23,25,31H,1H3,(H,27,32). The molecule has 1 fully saturated rings. The van der Waals surface area contributed by atoms with Crippen molar-refractivity contribution in [2.45, 2.75) is 16.2 Å². The monoisotopic (exact) mass is 456 g/mol. The molecular weight excluding hydrogens is 432 g/mol. The number of carbonyl (C=O) groups excluding carboxylic acids is 1. The molecule has 0 bridgehead atoms. The molecule has 3 unspecified atom stereocenters. The number of aliphatic hydroxyl groups excluding tert-OH is 1. The molecule has 0 aliphatic carbocycles. The number of benzene rings is 3. The van der Waals surface area contributed by atoms with Crippen LogP contribution in [-0.4, -0.2) is 31.4 Å². The van der Waals surface area contributed by atoms with E-state index >= 15 is 0 Å². The van der Waals surface area contributed by atoms with Crippen molar-refractivity contribution in [2.24, 2.45) is 13.0 Å². The average Bonchev–Trinajstić information content (AvgIpc) is 3.30. The molecule has 0 radical (unpaired) electrons. The van der Waals surface area contributed by atoms with Gasteiger partial charge in [0.1, 0.15) is 11.8 Å². The molecule has 33 heavy (non-hydrogen) atoms. The van der Waals surface area contributed by atoms with E-state index in [1.54, 1.807) is 25.0 Å². The van der Waals surface area contributed by atoms with Gasteiger partial charge < -0.3 is 10.4 Å². The summed E-state index contributed by atoms with van der Waals surface area (Å²) in [5.74, 6) is -0.823. The number of aromatic nitrogens is 3. The maximum absolute atomic E-state index is 12.6. The predicted octanol–water partition coefficient (Wildman–Crippen LogP) is 3.65. The van der Waals surface area contributed by atoms with E-state index in [0.29, 0.717) is 5.69 Å². The lowest BCUT2D eigenvalue weighted by molar-refractivity contribution is -0.138. The molecule has 7 heteroatoms. The smallest absolute Gasteiger partial charge is 0.230 e. The van der Waals surface area contributed by atoms with E-state index in [1.807, 2.05) is 54.6 Å². The van der Waals surface area contributed by atoms with Gasteiger partial charge in [0.15, 0.2) is 0 Å². The van der Waals surface area contributed by atoms with Crippen molar-refractivity contribution in [1.29, 1.82) is 0 Å². The molecule has 0 saturated carbocycles. The van der Waals surface area contributed by atoms with E-state index in [4.69, 9.17) is 0 Å². The van der Waals surface area contributed by atoms with Crippen molar-refractivity contribution in [2.75, 3.05) is 0 Å². The average molecular weight is 457 g/mol. The van der Waals surface area contributed by atoms with Crippen molar-refractivity contribution in [3.63, 3.8) is 0 Å². The predicted molar refractivity (Wildman–Crippen MR) is 128 cm³/mol. The summed E-state index contributed by atoms with van der Waals surface area (Å²) in [5.41, 5.74) is 3.69. The number of thioether (sulfide) groups is 1. The number of aryl methyl sites for hydroxylation is 1. The second-order valence-electron chi connectivity index (χ2n) is 8.11. The minimum absolute atomic E-state index is 0.186. The second-order valence-corrected chi connectivity index (χ2v) is 9.47. The zero-order valence-electron chi connectivity index (χ0n) is 18.1. The Morgan fingerprint density at radius 1 is 0.909 bits per heavy atom. The van der Waals surface area contributed by atoms with Crippen LogP contribution in [0.3, 0.4) is 0 Å². The van der Waals surface area contributed by atoms with Gasteiger partial charge in [0.2, 0.25) is 5.91 Å². The SMILES string of the molecule is Cn1cc(C(O)C2C(=O)NC2SC(c2ccccc2)(c2ccccc2)c2ccccc2)nn1. The first kappa shape index (κ1) is 21.4. The third-order valence-electron chi connectivity index (χ3n) is 6.02. The fourth-order valence-electron chi connectivity index (χ4n) is 4.38.